The fraction of sp³-hybridized carbons (Fsp3) is 0.211. The molecule has 10 heteroatoms. The lowest BCUT2D eigenvalue weighted by Gasteiger charge is -2.23. The Morgan fingerprint density at radius 2 is 1.76 bits per heavy atom. The fourth-order valence-corrected chi connectivity index (χ4v) is 4.02. The van der Waals surface area contributed by atoms with E-state index in [0.717, 1.165) is 0 Å². The highest BCUT2D eigenvalue weighted by Gasteiger charge is 2.25. The van der Waals surface area contributed by atoms with Crippen molar-refractivity contribution in [3.05, 3.63) is 60.2 Å². The van der Waals surface area contributed by atoms with Crippen LogP contribution in [0.15, 0.2) is 59.5 Å². The molecule has 2 rings (SSSR count). The molecule has 154 valence electrons. The summed E-state index contributed by atoms with van der Waals surface area (Å²) in [5, 5.41) is 1.80. The molecule has 0 heterocycles. The lowest BCUT2D eigenvalue weighted by molar-refractivity contribution is -0.127. The maximum absolute atomic E-state index is 13.0. The molecule has 0 aliphatic heterocycles. The number of carbonyl (C=O) groups is 3. The van der Waals surface area contributed by atoms with Gasteiger partial charge in [0.25, 0.3) is 15.9 Å². The largest absolute Gasteiger partial charge is 0.449 e. The summed E-state index contributed by atoms with van der Waals surface area (Å²) >= 11 is 0. The van der Waals surface area contributed by atoms with E-state index in [1.165, 1.54) is 35.5 Å². The van der Waals surface area contributed by atoms with Crippen LogP contribution in [-0.4, -0.2) is 39.0 Å². The van der Waals surface area contributed by atoms with Crippen molar-refractivity contribution in [2.24, 2.45) is 5.73 Å². The molecule has 3 amide bonds. The Kier molecular flexibility index (Phi) is 6.94. The van der Waals surface area contributed by atoms with Crippen LogP contribution in [0.3, 0.4) is 0 Å². The number of anilines is 1. The number of benzene rings is 2. The number of nitrogens with two attached hydrogens (primary N) is 1. The van der Waals surface area contributed by atoms with E-state index in [1.54, 1.807) is 42.6 Å². The SMILES string of the molecule is CCN(c1ccccc1)S(=O)(=O)c1cccc(C(=O)O[C@H](C)C(=O)NC(N)=O)c1. The number of para-hydroxylation sites is 1. The molecule has 1 atom stereocenters. The zero-order chi connectivity index (χ0) is 21.6. The molecule has 0 saturated heterocycles. The topological polar surface area (TPSA) is 136 Å². The lowest BCUT2D eigenvalue weighted by Crippen LogP contribution is -2.42. The molecular weight excluding hydrogens is 398 g/mol. The highest BCUT2D eigenvalue weighted by molar-refractivity contribution is 7.92. The number of nitrogens with zero attached hydrogens (tertiary/aromatic N) is 1. The number of ether oxygens (including phenoxy) is 1. The number of esters is 1. The number of amides is 3. The molecule has 0 aliphatic carbocycles. The molecule has 0 saturated carbocycles. The van der Waals surface area contributed by atoms with Gasteiger partial charge < -0.3 is 10.5 Å². The third-order valence-corrected chi connectivity index (χ3v) is 5.79. The Morgan fingerprint density at radius 3 is 2.34 bits per heavy atom. The molecule has 2 aromatic rings. The summed E-state index contributed by atoms with van der Waals surface area (Å²) in [5.74, 6) is -1.81. The second-order valence-electron chi connectivity index (χ2n) is 5.93. The van der Waals surface area contributed by atoms with Gasteiger partial charge in [0.15, 0.2) is 6.10 Å². The Hall–Kier alpha value is -3.40. The molecule has 0 aliphatic rings. The molecule has 0 radical (unpaired) electrons. The van der Waals surface area contributed by atoms with Gasteiger partial charge in [-0.25, -0.2) is 18.0 Å². The monoisotopic (exact) mass is 419 g/mol. The van der Waals surface area contributed by atoms with Crippen molar-refractivity contribution in [1.29, 1.82) is 0 Å². The van der Waals surface area contributed by atoms with Crippen LogP contribution >= 0.6 is 0 Å². The normalized spacial score (nSPS) is 11.9. The van der Waals surface area contributed by atoms with E-state index in [2.05, 4.69) is 0 Å². The lowest BCUT2D eigenvalue weighted by atomic mass is 10.2. The Labute approximate surface area is 168 Å². The van der Waals surface area contributed by atoms with E-state index in [-0.39, 0.29) is 17.0 Å². The standard InChI is InChI=1S/C19H21N3O6S/c1-3-22(15-9-5-4-6-10-15)29(26,27)16-11-7-8-14(12-16)18(24)28-13(2)17(23)21-19(20)25/h4-13H,3H2,1-2H3,(H3,20,21,23,25)/t13-/m1/s1. The van der Waals surface area contributed by atoms with Crippen LogP contribution < -0.4 is 15.4 Å². The van der Waals surface area contributed by atoms with Crippen molar-refractivity contribution in [2.75, 3.05) is 10.8 Å². The van der Waals surface area contributed by atoms with Crippen molar-refractivity contribution in [3.8, 4) is 0 Å². The number of hydrogen-bond acceptors (Lipinski definition) is 6. The van der Waals surface area contributed by atoms with Crippen molar-refractivity contribution in [3.63, 3.8) is 0 Å². The molecule has 0 fully saturated rings. The number of primary amides is 1. The summed E-state index contributed by atoms with van der Waals surface area (Å²) in [6.45, 7) is 3.14. The van der Waals surface area contributed by atoms with E-state index in [0.29, 0.717) is 5.69 Å². The van der Waals surface area contributed by atoms with Crippen LogP contribution in [0.4, 0.5) is 10.5 Å². The van der Waals surface area contributed by atoms with Crippen molar-refractivity contribution < 1.29 is 27.5 Å². The minimum atomic E-state index is -3.94. The van der Waals surface area contributed by atoms with Gasteiger partial charge in [-0.2, -0.15) is 0 Å². The van der Waals surface area contributed by atoms with E-state index in [9.17, 15) is 22.8 Å². The number of nitrogens with one attached hydrogen (secondary N) is 1. The first-order valence-electron chi connectivity index (χ1n) is 8.66. The van der Waals surface area contributed by atoms with E-state index >= 15 is 0 Å². The van der Waals surface area contributed by atoms with Crippen LogP contribution in [0.2, 0.25) is 0 Å². The maximum Gasteiger partial charge on any atom is 0.338 e. The first kappa shape index (κ1) is 21.9. The van der Waals surface area contributed by atoms with Crippen LogP contribution in [0.1, 0.15) is 24.2 Å². The summed E-state index contributed by atoms with van der Waals surface area (Å²) in [6.07, 6.45) is -1.30. The van der Waals surface area contributed by atoms with Gasteiger partial charge in [-0.15, -0.1) is 0 Å². The van der Waals surface area contributed by atoms with Gasteiger partial charge in [-0.1, -0.05) is 24.3 Å². The van der Waals surface area contributed by atoms with Crippen molar-refractivity contribution in [1.82, 2.24) is 5.32 Å². The van der Waals surface area contributed by atoms with Gasteiger partial charge >= 0.3 is 12.0 Å². The minimum absolute atomic E-state index is 0.0612. The van der Waals surface area contributed by atoms with Crippen molar-refractivity contribution in [2.45, 2.75) is 24.8 Å². The minimum Gasteiger partial charge on any atom is -0.449 e. The average molecular weight is 419 g/mol. The Bertz CT molecular complexity index is 1010. The number of imide groups is 1. The summed E-state index contributed by atoms with van der Waals surface area (Å²) < 4.78 is 32.3. The summed E-state index contributed by atoms with van der Waals surface area (Å²) in [4.78, 5) is 34.6. The van der Waals surface area contributed by atoms with Gasteiger partial charge in [0, 0.05) is 6.54 Å². The van der Waals surface area contributed by atoms with Gasteiger partial charge in [-0.05, 0) is 44.2 Å². The average Bonchev–Trinajstić information content (AvgIpc) is 2.68. The number of hydrogen-bond donors (Lipinski definition) is 2. The van der Waals surface area contributed by atoms with Crippen LogP contribution in [-0.2, 0) is 19.6 Å². The van der Waals surface area contributed by atoms with Crippen LogP contribution in [0.25, 0.3) is 0 Å². The highest BCUT2D eigenvalue weighted by atomic mass is 32.2. The number of urea groups is 1. The zero-order valence-electron chi connectivity index (χ0n) is 15.9. The number of sulfonamides is 1. The molecule has 2 aromatic carbocycles. The van der Waals surface area contributed by atoms with Gasteiger partial charge in [0.1, 0.15) is 0 Å². The van der Waals surface area contributed by atoms with Crippen molar-refractivity contribution >= 4 is 33.6 Å². The summed E-state index contributed by atoms with van der Waals surface area (Å²) in [7, 11) is -3.94. The summed E-state index contributed by atoms with van der Waals surface area (Å²) in [5.41, 5.74) is 5.27. The molecule has 9 nitrogen and oxygen atoms in total. The second-order valence-corrected chi connectivity index (χ2v) is 7.80. The number of carbonyl (C=O) groups excluding carboxylic acids is 3. The summed E-state index contributed by atoms with van der Waals surface area (Å²) in [6, 6.07) is 12.8. The van der Waals surface area contributed by atoms with E-state index < -0.39 is 34.0 Å². The Balaban J connectivity index is 2.27. The van der Waals surface area contributed by atoms with Crippen LogP contribution in [0, 0.1) is 0 Å². The quantitative estimate of drug-likeness (QED) is 0.655. The molecule has 29 heavy (non-hydrogen) atoms. The third kappa shape index (κ3) is 5.32. The molecule has 0 spiro atoms. The predicted octanol–water partition coefficient (Wildman–Crippen LogP) is 1.64. The maximum atomic E-state index is 13.0. The van der Waals surface area contributed by atoms with Crippen LogP contribution in [0.5, 0.6) is 0 Å². The molecule has 0 unspecified atom stereocenters. The zero-order valence-corrected chi connectivity index (χ0v) is 16.7. The van der Waals surface area contributed by atoms with Gasteiger partial charge in [-0.3, -0.25) is 14.4 Å². The molecule has 0 aromatic heterocycles. The predicted molar refractivity (Wildman–Crippen MR) is 106 cm³/mol. The smallest absolute Gasteiger partial charge is 0.338 e. The first-order chi connectivity index (χ1) is 13.7. The number of rotatable bonds is 7. The highest BCUT2D eigenvalue weighted by Crippen LogP contribution is 2.24. The second kappa shape index (κ2) is 9.20. The van der Waals surface area contributed by atoms with E-state index in [1.807, 2.05) is 0 Å². The first-order valence-corrected chi connectivity index (χ1v) is 10.1. The van der Waals surface area contributed by atoms with Gasteiger partial charge in [0.2, 0.25) is 0 Å². The molecule has 0 bridgehead atoms. The fourth-order valence-electron chi connectivity index (χ4n) is 2.50. The van der Waals surface area contributed by atoms with Gasteiger partial charge in [0.05, 0.1) is 16.1 Å². The third-order valence-electron chi connectivity index (χ3n) is 3.89. The molecular formula is C19H21N3O6S. The Morgan fingerprint density at radius 1 is 1.10 bits per heavy atom. The molecule has 3 N–H and O–H groups in total. The van der Waals surface area contributed by atoms with E-state index in [4.69, 9.17) is 10.5 Å².